The zero-order valence-electron chi connectivity index (χ0n) is 20.1. The molecule has 0 saturated carbocycles. The second-order valence-corrected chi connectivity index (χ2v) is 8.76. The molecular weight excluding hydrogens is 414 g/mol. The average molecular weight is 445 g/mol. The first kappa shape index (κ1) is 21.9. The van der Waals surface area contributed by atoms with Crippen LogP contribution in [0.25, 0.3) is 16.9 Å². The summed E-state index contributed by atoms with van der Waals surface area (Å²) in [5, 5.41) is 0. The van der Waals surface area contributed by atoms with Crippen molar-refractivity contribution in [2.75, 3.05) is 7.05 Å². The maximum atomic E-state index is 6.39. The van der Waals surface area contributed by atoms with E-state index in [0.29, 0.717) is 0 Å². The monoisotopic (exact) mass is 444 g/mol. The van der Waals surface area contributed by atoms with Gasteiger partial charge < -0.3 is 4.74 Å². The van der Waals surface area contributed by atoms with E-state index in [-0.39, 0.29) is 0 Å². The smallest absolute Gasteiger partial charge is 0.213 e. The highest BCUT2D eigenvalue weighted by Crippen LogP contribution is 2.33. The predicted octanol–water partition coefficient (Wildman–Crippen LogP) is 7.59. The van der Waals surface area contributed by atoms with E-state index in [9.17, 15) is 0 Å². The molecule has 0 amide bonds. The number of fused-ring (bicyclic) bond motifs is 1. The van der Waals surface area contributed by atoms with E-state index < -0.39 is 0 Å². The highest BCUT2D eigenvalue weighted by atomic mass is 16.5. The number of allylic oxidation sites excluding steroid dienone is 6. The Hall–Kier alpha value is -3.91. The van der Waals surface area contributed by atoms with Crippen LogP contribution in [0.1, 0.15) is 41.7 Å². The molecule has 2 aliphatic heterocycles. The van der Waals surface area contributed by atoms with E-state index in [0.717, 1.165) is 35.5 Å². The molecule has 0 aliphatic carbocycles. The molecule has 0 unspecified atom stereocenters. The minimum Gasteiger partial charge on any atom is -0.457 e. The van der Waals surface area contributed by atoms with E-state index in [1.165, 1.54) is 33.5 Å². The minimum absolute atomic E-state index is 0.833. The first-order valence-electron chi connectivity index (χ1n) is 12.0. The van der Waals surface area contributed by atoms with Crippen LogP contribution in [-0.2, 0) is 17.6 Å². The van der Waals surface area contributed by atoms with Crippen molar-refractivity contribution in [1.82, 2.24) is 0 Å². The van der Waals surface area contributed by atoms with Crippen molar-refractivity contribution in [3.05, 3.63) is 131 Å². The van der Waals surface area contributed by atoms with Crippen LogP contribution in [0.5, 0.6) is 0 Å². The molecule has 0 atom stereocenters. The second kappa shape index (κ2) is 9.52. The fraction of sp³-hybridized carbons (Fsp3) is 0.156. The molecule has 3 aromatic carbocycles. The maximum absolute atomic E-state index is 6.39. The van der Waals surface area contributed by atoms with Gasteiger partial charge in [-0.2, -0.15) is 0 Å². The molecule has 0 saturated heterocycles. The molecule has 2 heterocycles. The molecule has 0 spiro atoms. The molecule has 2 heteroatoms. The summed E-state index contributed by atoms with van der Waals surface area (Å²) in [6, 6.07) is 26.0. The summed E-state index contributed by atoms with van der Waals surface area (Å²) in [5.41, 5.74) is 9.75. The number of ether oxygens (including phenoxy) is 1. The summed E-state index contributed by atoms with van der Waals surface area (Å²) in [7, 11) is 2.09. The van der Waals surface area contributed by atoms with Crippen LogP contribution in [0.2, 0.25) is 0 Å². The zero-order valence-corrected chi connectivity index (χ0v) is 20.1. The van der Waals surface area contributed by atoms with Gasteiger partial charge >= 0.3 is 0 Å². The lowest BCUT2D eigenvalue weighted by molar-refractivity contribution is -0.395. The van der Waals surface area contributed by atoms with Gasteiger partial charge in [0.05, 0.1) is 11.1 Å². The van der Waals surface area contributed by atoms with Gasteiger partial charge in [0.25, 0.3) is 0 Å². The molecular formula is C32H30NO+. The Morgan fingerprint density at radius 3 is 2.06 bits per heavy atom. The Labute approximate surface area is 202 Å². The third-order valence-corrected chi connectivity index (χ3v) is 6.51. The Morgan fingerprint density at radius 2 is 1.38 bits per heavy atom. The summed E-state index contributed by atoms with van der Waals surface area (Å²) >= 11 is 0. The summed E-state index contributed by atoms with van der Waals surface area (Å²) in [6.07, 6.45) is 12.7. The Bertz CT molecular complexity index is 1360. The Morgan fingerprint density at radius 1 is 0.735 bits per heavy atom. The number of nitrogens with zero attached hydrogens (tertiary/aromatic N) is 1. The molecule has 3 aromatic rings. The molecule has 0 radical (unpaired) electrons. The van der Waals surface area contributed by atoms with E-state index in [4.69, 9.17) is 4.74 Å². The van der Waals surface area contributed by atoms with Crippen LogP contribution in [0.4, 0.5) is 5.69 Å². The van der Waals surface area contributed by atoms with Gasteiger partial charge in [0.15, 0.2) is 6.21 Å². The number of para-hydroxylation sites is 1. The molecule has 168 valence electrons. The molecule has 2 aliphatic rings. The summed E-state index contributed by atoms with van der Waals surface area (Å²) < 4.78 is 8.56. The van der Waals surface area contributed by atoms with Crippen molar-refractivity contribution < 1.29 is 9.31 Å². The van der Waals surface area contributed by atoms with Crippen LogP contribution in [-0.4, -0.2) is 17.8 Å². The lowest BCUT2D eigenvalue weighted by Gasteiger charge is -2.18. The van der Waals surface area contributed by atoms with Crippen molar-refractivity contribution in [2.24, 2.45) is 0 Å². The van der Waals surface area contributed by atoms with Crippen LogP contribution >= 0.6 is 0 Å². The molecule has 0 N–H and O–H groups in total. The molecule has 2 nitrogen and oxygen atoms in total. The van der Waals surface area contributed by atoms with E-state index in [1.807, 2.05) is 0 Å². The van der Waals surface area contributed by atoms with Crippen molar-refractivity contribution in [1.29, 1.82) is 0 Å². The van der Waals surface area contributed by atoms with Gasteiger partial charge in [-0.15, -0.1) is 0 Å². The van der Waals surface area contributed by atoms with Crippen LogP contribution in [0.15, 0.2) is 103 Å². The summed E-state index contributed by atoms with van der Waals surface area (Å²) in [5.74, 6) is 1.71. The molecule has 5 rings (SSSR count). The largest absolute Gasteiger partial charge is 0.457 e. The van der Waals surface area contributed by atoms with Crippen molar-refractivity contribution >= 4 is 28.8 Å². The third-order valence-electron chi connectivity index (χ3n) is 6.51. The standard InChI is InChI=1S/C32H30NO/c1-4-23-10-14-25(15-11-23)28-20-29(34-32(21-28)26-16-12-24(5-2)13-17-26)19-18-27-22-33(3)31-9-7-6-8-30(27)31/h6-22H,4-5H2,1-3H3/q+1/b27-18+,29-19+. The number of hydrogen-bond donors (Lipinski definition) is 0. The van der Waals surface area contributed by atoms with E-state index in [2.05, 4.69) is 129 Å². The van der Waals surface area contributed by atoms with Crippen molar-refractivity contribution in [3.63, 3.8) is 0 Å². The zero-order chi connectivity index (χ0) is 23.5. The Balaban J connectivity index is 1.54. The van der Waals surface area contributed by atoms with E-state index >= 15 is 0 Å². The topological polar surface area (TPSA) is 12.2 Å². The second-order valence-electron chi connectivity index (χ2n) is 8.76. The fourth-order valence-electron chi connectivity index (χ4n) is 4.43. The third kappa shape index (κ3) is 4.45. The van der Waals surface area contributed by atoms with Gasteiger partial charge in [0.1, 0.15) is 18.6 Å². The molecule has 34 heavy (non-hydrogen) atoms. The predicted molar refractivity (Wildman–Crippen MR) is 143 cm³/mol. The minimum atomic E-state index is 0.833. The Kier molecular flexibility index (Phi) is 6.14. The van der Waals surface area contributed by atoms with Crippen molar-refractivity contribution in [3.8, 4) is 0 Å². The van der Waals surface area contributed by atoms with Gasteiger partial charge in [-0.25, -0.2) is 4.58 Å². The van der Waals surface area contributed by atoms with Gasteiger partial charge in [-0.3, -0.25) is 0 Å². The molecule has 0 bridgehead atoms. The summed E-state index contributed by atoms with van der Waals surface area (Å²) in [6.45, 7) is 4.36. The van der Waals surface area contributed by atoms with E-state index in [1.54, 1.807) is 0 Å². The maximum Gasteiger partial charge on any atom is 0.213 e. The number of hydrogen-bond acceptors (Lipinski definition) is 1. The fourth-order valence-corrected chi connectivity index (χ4v) is 4.43. The molecule has 0 fully saturated rings. The normalized spacial score (nSPS) is 17.2. The van der Waals surface area contributed by atoms with Gasteiger partial charge in [0.2, 0.25) is 5.69 Å². The first-order chi connectivity index (χ1) is 16.6. The lowest BCUT2D eigenvalue weighted by atomic mass is 9.98. The van der Waals surface area contributed by atoms with Gasteiger partial charge in [0, 0.05) is 11.6 Å². The SMILES string of the molecule is CCc1ccc(C2=C/C(=C\C=C3/C=[N+](C)c4ccccc43)OC(c3ccc(CC)cc3)=C2)cc1. The van der Waals surface area contributed by atoms with Gasteiger partial charge in [-0.05, 0) is 65.5 Å². The first-order valence-corrected chi connectivity index (χ1v) is 12.0. The number of aryl methyl sites for hydroxylation is 2. The van der Waals surface area contributed by atoms with Crippen LogP contribution < -0.4 is 0 Å². The molecule has 0 aromatic heterocycles. The average Bonchev–Trinajstić information content (AvgIpc) is 3.23. The van der Waals surface area contributed by atoms with Gasteiger partial charge in [-0.1, -0.05) is 74.5 Å². The number of rotatable bonds is 5. The van der Waals surface area contributed by atoms with Crippen LogP contribution in [0, 0.1) is 0 Å². The lowest BCUT2D eigenvalue weighted by Crippen LogP contribution is -1.99. The quantitative estimate of drug-likeness (QED) is 0.369. The van der Waals surface area contributed by atoms with Crippen LogP contribution in [0.3, 0.4) is 0 Å². The van der Waals surface area contributed by atoms with Crippen molar-refractivity contribution in [2.45, 2.75) is 26.7 Å². The highest BCUT2D eigenvalue weighted by molar-refractivity contribution is 6.12. The summed E-state index contributed by atoms with van der Waals surface area (Å²) in [4.78, 5) is 0. The number of benzene rings is 3. The highest BCUT2D eigenvalue weighted by Gasteiger charge is 2.22.